The van der Waals surface area contributed by atoms with E-state index in [9.17, 15) is 13.2 Å². The van der Waals surface area contributed by atoms with Gasteiger partial charge in [-0.05, 0) is 35.9 Å². The van der Waals surface area contributed by atoms with Crippen LogP contribution in [0.4, 0.5) is 5.69 Å². The van der Waals surface area contributed by atoms with Crippen LogP contribution in [0.2, 0.25) is 5.02 Å². The van der Waals surface area contributed by atoms with Crippen molar-refractivity contribution in [2.75, 3.05) is 10.5 Å². The first-order valence-electron chi connectivity index (χ1n) is 6.73. The average Bonchev–Trinajstić information content (AvgIpc) is 2.94. The van der Waals surface area contributed by atoms with Crippen LogP contribution >= 0.6 is 23.4 Å². The molecule has 0 unspecified atom stereocenters. The van der Waals surface area contributed by atoms with E-state index in [1.54, 1.807) is 30.3 Å². The Hall–Kier alpha value is -1.70. The summed E-state index contributed by atoms with van der Waals surface area (Å²) in [5, 5.41) is 3.03. The smallest absolute Gasteiger partial charge is 0.261 e. The Labute approximate surface area is 143 Å². The molecule has 2 aromatic rings. The van der Waals surface area contributed by atoms with Crippen LogP contribution in [-0.4, -0.2) is 20.1 Å². The quantitative estimate of drug-likeness (QED) is 0.869. The summed E-state index contributed by atoms with van der Waals surface area (Å²) in [6.45, 7) is 0. The first kappa shape index (κ1) is 16.2. The first-order valence-corrected chi connectivity index (χ1v) is 9.64. The zero-order valence-corrected chi connectivity index (χ0v) is 14.2. The summed E-state index contributed by atoms with van der Waals surface area (Å²) in [4.78, 5) is 11.4. The number of rotatable bonds is 4. The molecular formula is C15H13ClN2O3S2. The van der Waals surface area contributed by atoms with Crippen LogP contribution in [0.15, 0.2) is 53.4 Å². The van der Waals surface area contributed by atoms with E-state index in [0.29, 0.717) is 16.5 Å². The van der Waals surface area contributed by atoms with E-state index < -0.39 is 10.0 Å². The van der Waals surface area contributed by atoms with E-state index in [-0.39, 0.29) is 16.2 Å². The molecule has 1 heterocycles. The lowest BCUT2D eigenvalue weighted by Crippen LogP contribution is -2.19. The molecule has 0 spiro atoms. The van der Waals surface area contributed by atoms with Gasteiger partial charge in [0.05, 0.1) is 10.6 Å². The lowest BCUT2D eigenvalue weighted by molar-refractivity contribution is -0.118. The summed E-state index contributed by atoms with van der Waals surface area (Å²) in [5.41, 5.74) is 1.27. The number of halogens is 1. The standard InChI is InChI=1S/C15H13ClN2O3S2/c16-11-4-2-6-13(8-11)23(20,21)18-12-5-1-3-10(7-12)15-17-14(19)9-22-15/h1-8,15,18H,9H2,(H,17,19)/t15-/m1/s1. The number of amides is 1. The summed E-state index contributed by atoms with van der Waals surface area (Å²) < 4.78 is 27.3. The third kappa shape index (κ3) is 3.80. The first-order chi connectivity index (χ1) is 10.9. The minimum atomic E-state index is -3.72. The molecule has 0 aromatic heterocycles. The largest absolute Gasteiger partial charge is 0.339 e. The van der Waals surface area contributed by atoms with E-state index in [4.69, 9.17) is 11.6 Å². The summed E-state index contributed by atoms with van der Waals surface area (Å²) in [6, 6.07) is 13.0. The predicted molar refractivity (Wildman–Crippen MR) is 92.0 cm³/mol. The Morgan fingerprint density at radius 1 is 1.17 bits per heavy atom. The number of benzene rings is 2. The predicted octanol–water partition coefficient (Wildman–Crippen LogP) is 3.00. The molecule has 120 valence electrons. The van der Waals surface area contributed by atoms with E-state index >= 15 is 0 Å². The number of sulfonamides is 1. The summed E-state index contributed by atoms with van der Waals surface area (Å²) in [5.74, 6) is 0.383. The maximum absolute atomic E-state index is 12.4. The third-order valence-corrected chi connectivity index (χ3v) is 5.99. The molecule has 1 fully saturated rings. The highest BCUT2D eigenvalue weighted by molar-refractivity contribution is 8.00. The number of carbonyl (C=O) groups excluding carboxylic acids is 1. The second-order valence-electron chi connectivity index (χ2n) is 4.95. The van der Waals surface area contributed by atoms with Crippen molar-refractivity contribution in [2.24, 2.45) is 0 Å². The van der Waals surface area contributed by atoms with Crippen LogP contribution in [0, 0.1) is 0 Å². The van der Waals surface area contributed by atoms with E-state index in [2.05, 4.69) is 10.0 Å². The van der Waals surface area contributed by atoms with Gasteiger partial charge in [0.2, 0.25) is 5.91 Å². The van der Waals surface area contributed by atoms with Crippen LogP contribution in [0.25, 0.3) is 0 Å². The van der Waals surface area contributed by atoms with Crippen molar-refractivity contribution in [3.05, 3.63) is 59.1 Å². The highest BCUT2D eigenvalue weighted by Crippen LogP contribution is 2.32. The van der Waals surface area contributed by atoms with Gasteiger partial charge in [-0.2, -0.15) is 0 Å². The van der Waals surface area contributed by atoms with Gasteiger partial charge in [0, 0.05) is 10.7 Å². The summed E-state index contributed by atoms with van der Waals surface area (Å²) in [6.07, 6.45) is 0. The molecule has 0 bridgehead atoms. The van der Waals surface area contributed by atoms with Crippen LogP contribution < -0.4 is 10.0 Å². The van der Waals surface area contributed by atoms with Crippen molar-refractivity contribution < 1.29 is 13.2 Å². The van der Waals surface area contributed by atoms with Gasteiger partial charge in [0.25, 0.3) is 10.0 Å². The fraction of sp³-hybridized carbons (Fsp3) is 0.133. The van der Waals surface area contributed by atoms with Gasteiger partial charge in [-0.15, -0.1) is 11.8 Å². The topological polar surface area (TPSA) is 75.3 Å². The monoisotopic (exact) mass is 368 g/mol. The molecule has 0 radical (unpaired) electrons. The zero-order valence-electron chi connectivity index (χ0n) is 11.8. The van der Waals surface area contributed by atoms with E-state index in [1.807, 2.05) is 6.07 Å². The molecule has 5 nitrogen and oxygen atoms in total. The Morgan fingerprint density at radius 3 is 2.65 bits per heavy atom. The number of anilines is 1. The molecule has 1 aliphatic heterocycles. The number of carbonyl (C=O) groups is 1. The van der Waals surface area contributed by atoms with Crippen molar-refractivity contribution in [3.63, 3.8) is 0 Å². The summed E-state index contributed by atoms with van der Waals surface area (Å²) in [7, 11) is -3.72. The maximum Gasteiger partial charge on any atom is 0.261 e. The zero-order chi connectivity index (χ0) is 16.4. The fourth-order valence-electron chi connectivity index (χ4n) is 2.18. The van der Waals surface area contributed by atoms with Gasteiger partial charge in [0.15, 0.2) is 0 Å². The van der Waals surface area contributed by atoms with Crippen molar-refractivity contribution >= 4 is 45.0 Å². The number of thioether (sulfide) groups is 1. The Bertz CT molecular complexity index is 855. The van der Waals surface area contributed by atoms with Crippen molar-refractivity contribution in [1.82, 2.24) is 5.32 Å². The van der Waals surface area contributed by atoms with Gasteiger partial charge in [-0.1, -0.05) is 29.8 Å². The van der Waals surface area contributed by atoms with Gasteiger partial charge in [-0.3, -0.25) is 9.52 Å². The molecule has 0 aliphatic carbocycles. The van der Waals surface area contributed by atoms with Gasteiger partial charge in [-0.25, -0.2) is 8.42 Å². The molecule has 8 heteroatoms. The molecule has 1 aliphatic rings. The van der Waals surface area contributed by atoms with Gasteiger partial charge < -0.3 is 5.32 Å². The molecule has 1 atom stereocenters. The minimum absolute atomic E-state index is 0.0232. The number of nitrogens with one attached hydrogen (secondary N) is 2. The number of hydrogen-bond acceptors (Lipinski definition) is 4. The van der Waals surface area contributed by atoms with Crippen LogP contribution in [0.1, 0.15) is 10.9 Å². The third-order valence-electron chi connectivity index (χ3n) is 3.22. The normalized spacial score (nSPS) is 17.8. The molecule has 3 rings (SSSR count). The molecule has 2 aromatic carbocycles. The maximum atomic E-state index is 12.4. The average molecular weight is 369 g/mol. The lowest BCUT2D eigenvalue weighted by atomic mass is 10.2. The fourth-order valence-corrected chi connectivity index (χ4v) is 4.49. The van der Waals surface area contributed by atoms with Gasteiger partial charge >= 0.3 is 0 Å². The highest BCUT2D eigenvalue weighted by atomic mass is 35.5. The van der Waals surface area contributed by atoms with Crippen molar-refractivity contribution in [3.8, 4) is 0 Å². The van der Waals surface area contributed by atoms with E-state index in [1.165, 1.54) is 23.9 Å². The molecule has 1 amide bonds. The van der Waals surface area contributed by atoms with Crippen molar-refractivity contribution in [1.29, 1.82) is 0 Å². The summed E-state index contributed by atoms with van der Waals surface area (Å²) >= 11 is 7.32. The Morgan fingerprint density at radius 2 is 1.96 bits per heavy atom. The molecule has 2 N–H and O–H groups in total. The van der Waals surface area contributed by atoms with Gasteiger partial charge in [0.1, 0.15) is 5.37 Å². The SMILES string of the molecule is O=C1CS[C@H](c2cccc(NS(=O)(=O)c3cccc(Cl)c3)c2)N1. The Kier molecular flexibility index (Phi) is 4.52. The second-order valence-corrected chi connectivity index (χ2v) is 8.16. The highest BCUT2D eigenvalue weighted by Gasteiger charge is 2.23. The Balaban J connectivity index is 1.84. The molecule has 1 saturated heterocycles. The molecule has 23 heavy (non-hydrogen) atoms. The lowest BCUT2D eigenvalue weighted by Gasteiger charge is -2.13. The van der Waals surface area contributed by atoms with Crippen LogP contribution in [0.5, 0.6) is 0 Å². The van der Waals surface area contributed by atoms with Crippen LogP contribution in [-0.2, 0) is 14.8 Å². The number of hydrogen-bond donors (Lipinski definition) is 2. The van der Waals surface area contributed by atoms with E-state index in [0.717, 1.165) is 5.56 Å². The second kappa shape index (κ2) is 6.43. The van der Waals surface area contributed by atoms with Crippen LogP contribution in [0.3, 0.4) is 0 Å². The molecule has 0 saturated carbocycles. The minimum Gasteiger partial charge on any atom is -0.339 e. The molecular weight excluding hydrogens is 356 g/mol. The van der Waals surface area contributed by atoms with Crippen molar-refractivity contribution in [2.45, 2.75) is 10.3 Å².